The van der Waals surface area contributed by atoms with Crippen LogP contribution in [0.25, 0.3) is 0 Å². The molecule has 1 N–H and O–H groups in total. The molecule has 0 fully saturated rings. The van der Waals surface area contributed by atoms with Gasteiger partial charge in [0.1, 0.15) is 11.5 Å². The molecule has 0 bridgehead atoms. The Morgan fingerprint density at radius 1 is 1.20 bits per heavy atom. The minimum atomic E-state index is 0.825. The van der Waals surface area contributed by atoms with Gasteiger partial charge < -0.3 is 14.8 Å². The standard InChI is InChI=1S/C12H19NO2/c1-4-7-13-9-10-5-6-11(14-2)8-12(10)15-3/h5-6,8,13H,4,7,9H2,1-3H3. The predicted molar refractivity (Wildman–Crippen MR) is 61.5 cm³/mol. The van der Waals surface area contributed by atoms with Crippen LogP contribution in [0.1, 0.15) is 18.9 Å². The molecule has 0 aliphatic carbocycles. The van der Waals surface area contributed by atoms with E-state index in [1.807, 2.05) is 18.2 Å². The highest BCUT2D eigenvalue weighted by atomic mass is 16.5. The van der Waals surface area contributed by atoms with Gasteiger partial charge in [0.05, 0.1) is 14.2 Å². The van der Waals surface area contributed by atoms with Crippen LogP contribution in [0.4, 0.5) is 0 Å². The first-order valence-electron chi connectivity index (χ1n) is 5.23. The average Bonchev–Trinajstić information content (AvgIpc) is 2.29. The van der Waals surface area contributed by atoms with E-state index in [0.29, 0.717) is 0 Å². The Morgan fingerprint density at radius 2 is 2.00 bits per heavy atom. The highest BCUT2D eigenvalue weighted by Gasteiger charge is 2.03. The molecule has 84 valence electrons. The molecule has 1 aromatic carbocycles. The molecule has 1 rings (SSSR count). The summed E-state index contributed by atoms with van der Waals surface area (Å²) in [6, 6.07) is 5.88. The third-order valence-corrected chi connectivity index (χ3v) is 2.24. The first-order chi connectivity index (χ1) is 7.31. The van der Waals surface area contributed by atoms with Crippen LogP contribution >= 0.6 is 0 Å². The van der Waals surface area contributed by atoms with E-state index in [9.17, 15) is 0 Å². The van der Waals surface area contributed by atoms with Crippen molar-refractivity contribution in [2.45, 2.75) is 19.9 Å². The number of rotatable bonds is 6. The summed E-state index contributed by atoms with van der Waals surface area (Å²) in [6.07, 6.45) is 1.14. The summed E-state index contributed by atoms with van der Waals surface area (Å²) in [5.74, 6) is 1.70. The van der Waals surface area contributed by atoms with Crippen molar-refractivity contribution in [2.24, 2.45) is 0 Å². The summed E-state index contributed by atoms with van der Waals surface area (Å²) in [7, 11) is 3.34. The predicted octanol–water partition coefficient (Wildman–Crippen LogP) is 2.20. The summed E-state index contributed by atoms with van der Waals surface area (Å²) < 4.78 is 10.4. The summed E-state index contributed by atoms with van der Waals surface area (Å²) in [5, 5.41) is 3.34. The Morgan fingerprint density at radius 3 is 2.60 bits per heavy atom. The molecule has 3 nitrogen and oxygen atoms in total. The number of ether oxygens (including phenoxy) is 2. The van der Waals surface area contributed by atoms with Crippen LogP contribution in [0, 0.1) is 0 Å². The van der Waals surface area contributed by atoms with Gasteiger partial charge >= 0.3 is 0 Å². The summed E-state index contributed by atoms with van der Waals surface area (Å²) in [5.41, 5.74) is 1.16. The third-order valence-electron chi connectivity index (χ3n) is 2.24. The van der Waals surface area contributed by atoms with Gasteiger partial charge in [-0.3, -0.25) is 0 Å². The number of nitrogens with one attached hydrogen (secondary N) is 1. The van der Waals surface area contributed by atoms with E-state index in [-0.39, 0.29) is 0 Å². The normalized spacial score (nSPS) is 10.1. The van der Waals surface area contributed by atoms with Gasteiger partial charge in [0, 0.05) is 18.2 Å². The summed E-state index contributed by atoms with van der Waals surface area (Å²) in [4.78, 5) is 0. The van der Waals surface area contributed by atoms with Crippen LogP contribution in [-0.4, -0.2) is 20.8 Å². The Hall–Kier alpha value is -1.22. The fourth-order valence-corrected chi connectivity index (χ4v) is 1.40. The zero-order chi connectivity index (χ0) is 11.1. The molecule has 15 heavy (non-hydrogen) atoms. The lowest BCUT2D eigenvalue weighted by atomic mass is 10.2. The van der Waals surface area contributed by atoms with Crippen molar-refractivity contribution in [3.05, 3.63) is 23.8 Å². The molecule has 0 aliphatic heterocycles. The number of hydrogen-bond donors (Lipinski definition) is 1. The van der Waals surface area contributed by atoms with Gasteiger partial charge in [-0.25, -0.2) is 0 Å². The SMILES string of the molecule is CCCNCc1ccc(OC)cc1OC. The fraction of sp³-hybridized carbons (Fsp3) is 0.500. The first kappa shape index (κ1) is 11.9. The minimum Gasteiger partial charge on any atom is -0.497 e. The molecule has 1 aromatic rings. The molecule has 0 unspecified atom stereocenters. The zero-order valence-corrected chi connectivity index (χ0v) is 9.67. The lowest BCUT2D eigenvalue weighted by Crippen LogP contribution is -2.14. The van der Waals surface area contributed by atoms with E-state index >= 15 is 0 Å². The molecule has 0 aliphatic rings. The Kier molecular flexibility index (Phi) is 4.98. The molecule has 0 spiro atoms. The van der Waals surface area contributed by atoms with E-state index < -0.39 is 0 Å². The van der Waals surface area contributed by atoms with Crippen LogP contribution in [0.2, 0.25) is 0 Å². The van der Waals surface area contributed by atoms with Gasteiger partial charge in [-0.1, -0.05) is 13.0 Å². The Bertz CT molecular complexity index is 300. The van der Waals surface area contributed by atoms with Crippen molar-refractivity contribution in [1.29, 1.82) is 0 Å². The van der Waals surface area contributed by atoms with E-state index in [0.717, 1.165) is 36.6 Å². The van der Waals surface area contributed by atoms with Gasteiger partial charge in [0.15, 0.2) is 0 Å². The molecular formula is C12H19NO2. The van der Waals surface area contributed by atoms with E-state index in [1.165, 1.54) is 0 Å². The lowest BCUT2D eigenvalue weighted by molar-refractivity contribution is 0.390. The minimum absolute atomic E-state index is 0.825. The summed E-state index contributed by atoms with van der Waals surface area (Å²) >= 11 is 0. The second-order valence-corrected chi connectivity index (χ2v) is 3.35. The number of benzene rings is 1. The van der Waals surface area contributed by atoms with E-state index in [1.54, 1.807) is 14.2 Å². The van der Waals surface area contributed by atoms with Gasteiger partial charge in [0.25, 0.3) is 0 Å². The molecule has 0 radical (unpaired) electrons. The zero-order valence-electron chi connectivity index (χ0n) is 9.67. The Balaban J connectivity index is 2.69. The molecule has 0 atom stereocenters. The van der Waals surface area contributed by atoms with Crippen molar-refractivity contribution >= 4 is 0 Å². The maximum Gasteiger partial charge on any atom is 0.127 e. The second-order valence-electron chi connectivity index (χ2n) is 3.35. The monoisotopic (exact) mass is 209 g/mol. The topological polar surface area (TPSA) is 30.5 Å². The average molecular weight is 209 g/mol. The van der Waals surface area contributed by atoms with Crippen molar-refractivity contribution in [1.82, 2.24) is 5.32 Å². The second kappa shape index (κ2) is 6.30. The smallest absolute Gasteiger partial charge is 0.127 e. The van der Waals surface area contributed by atoms with Crippen molar-refractivity contribution in [3.8, 4) is 11.5 Å². The summed E-state index contributed by atoms with van der Waals surface area (Å²) in [6.45, 7) is 4.01. The molecule has 0 saturated heterocycles. The van der Waals surface area contributed by atoms with Crippen LogP contribution in [0.3, 0.4) is 0 Å². The molecule has 0 heterocycles. The largest absolute Gasteiger partial charge is 0.497 e. The van der Waals surface area contributed by atoms with Crippen LogP contribution in [-0.2, 0) is 6.54 Å². The number of methoxy groups -OCH3 is 2. The lowest BCUT2D eigenvalue weighted by Gasteiger charge is -2.10. The van der Waals surface area contributed by atoms with Gasteiger partial charge in [-0.15, -0.1) is 0 Å². The number of hydrogen-bond acceptors (Lipinski definition) is 3. The van der Waals surface area contributed by atoms with Gasteiger partial charge in [0.2, 0.25) is 0 Å². The van der Waals surface area contributed by atoms with Crippen molar-refractivity contribution in [3.63, 3.8) is 0 Å². The Labute approximate surface area is 91.4 Å². The fourth-order valence-electron chi connectivity index (χ4n) is 1.40. The third kappa shape index (κ3) is 3.44. The molecular weight excluding hydrogens is 190 g/mol. The van der Waals surface area contributed by atoms with Crippen molar-refractivity contribution < 1.29 is 9.47 Å². The molecule has 0 saturated carbocycles. The van der Waals surface area contributed by atoms with E-state index in [4.69, 9.17) is 9.47 Å². The maximum absolute atomic E-state index is 5.30. The first-order valence-corrected chi connectivity index (χ1v) is 5.23. The molecule has 0 amide bonds. The highest BCUT2D eigenvalue weighted by Crippen LogP contribution is 2.24. The molecule has 3 heteroatoms. The van der Waals surface area contributed by atoms with Crippen LogP contribution in [0.5, 0.6) is 11.5 Å². The van der Waals surface area contributed by atoms with Crippen LogP contribution in [0.15, 0.2) is 18.2 Å². The van der Waals surface area contributed by atoms with E-state index in [2.05, 4.69) is 12.2 Å². The molecule has 0 aromatic heterocycles. The van der Waals surface area contributed by atoms with Gasteiger partial charge in [-0.2, -0.15) is 0 Å². The van der Waals surface area contributed by atoms with Crippen LogP contribution < -0.4 is 14.8 Å². The quantitative estimate of drug-likeness (QED) is 0.729. The van der Waals surface area contributed by atoms with Crippen molar-refractivity contribution in [2.75, 3.05) is 20.8 Å². The van der Waals surface area contributed by atoms with Gasteiger partial charge in [-0.05, 0) is 19.0 Å². The highest BCUT2D eigenvalue weighted by molar-refractivity contribution is 5.40. The maximum atomic E-state index is 5.30.